The van der Waals surface area contributed by atoms with Gasteiger partial charge in [0.25, 0.3) is 11.6 Å². The van der Waals surface area contributed by atoms with Crippen LogP contribution in [0.15, 0.2) is 36.5 Å². The Kier molecular flexibility index (Phi) is 5.37. The van der Waals surface area contributed by atoms with E-state index in [1.54, 1.807) is 19.1 Å². The maximum absolute atomic E-state index is 11.8. The molecule has 0 radical (unpaired) electrons. The number of nitro groups is 1. The van der Waals surface area contributed by atoms with Gasteiger partial charge in [-0.15, -0.1) is 0 Å². The molecule has 0 saturated carbocycles. The van der Waals surface area contributed by atoms with Crippen molar-refractivity contribution in [1.29, 1.82) is 5.26 Å². The lowest BCUT2D eigenvalue weighted by molar-refractivity contribution is -0.384. The highest BCUT2D eigenvalue weighted by molar-refractivity contribution is 5.96. The number of carbonyl (C=O) groups is 2. The van der Waals surface area contributed by atoms with Crippen LogP contribution in [-0.2, 0) is 9.53 Å². The number of hydrogen-bond donors (Lipinski definition) is 1. The van der Waals surface area contributed by atoms with E-state index in [0.29, 0.717) is 0 Å². The second kappa shape index (κ2) is 7.65. The van der Waals surface area contributed by atoms with E-state index in [0.717, 1.165) is 17.8 Å². The van der Waals surface area contributed by atoms with Crippen LogP contribution in [0.4, 0.5) is 11.4 Å². The summed E-state index contributed by atoms with van der Waals surface area (Å²) in [7, 11) is 0. The normalized spacial score (nSPS) is 9.76. The number of aryl methyl sites for hydroxylation is 1. The van der Waals surface area contributed by atoms with Crippen molar-refractivity contribution >= 4 is 23.3 Å². The van der Waals surface area contributed by atoms with Gasteiger partial charge in [0.05, 0.1) is 21.7 Å². The Bertz CT molecular complexity index is 871. The number of aromatic nitrogens is 1. The average molecular weight is 340 g/mol. The molecule has 0 saturated heterocycles. The molecule has 1 aromatic heterocycles. The number of ether oxygens (including phenoxy) is 1. The first-order valence-corrected chi connectivity index (χ1v) is 6.99. The first kappa shape index (κ1) is 17.6. The minimum atomic E-state index is -0.716. The first-order valence-electron chi connectivity index (χ1n) is 6.99. The Morgan fingerprint density at radius 2 is 2.12 bits per heavy atom. The largest absolute Gasteiger partial charge is 0.452 e. The van der Waals surface area contributed by atoms with Gasteiger partial charge in [-0.05, 0) is 25.1 Å². The molecule has 0 atom stereocenters. The topological polar surface area (TPSA) is 135 Å². The Morgan fingerprint density at radius 3 is 2.72 bits per heavy atom. The molecule has 0 unspecified atom stereocenters. The highest BCUT2D eigenvalue weighted by Crippen LogP contribution is 2.21. The monoisotopic (exact) mass is 340 g/mol. The summed E-state index contributed by atoms with van der Waals surface area (Å²) in [6.07, 6.45) is 1.33. The summed E-state index contributed by atoms with van der Waals surface area (Å²) in [5.41, 5.74) is 0.679. The van der Waals surface area contributed by atoms with Gasteiger partial charge in [0.2, 0.25) is 0 Å². The van der Waals surface area contributed by atoms with Gasteiger partial charge in [0, 0.05) is 24.0 Å². The zero-order chi connectivity index (χ0) is 18.4. The number of anilines is 1. The van der Waals surface area contributed by atoms with Crippen LogP contribution in [0.25, 0.3) is 0 Å². The van der Waals surface area contributed by atoms with Crippen LogP contribution >= 0.6 is 0 Å². The molecular formula is C16H12N4O5. The molecule has 1 N–H and O–H groups in total. The molecule has 126 valence electrons. The van der Waals surface area contributed by atoms with E-state index in [1.165, 1.54) is 18.3 Å². The van der Waals surface area contributed by atoms with Gasteiger partial charge in [0.1, 0.15) is 6.07 Å². The highest BCUT2D eigenvalue weighted by atomic mass is 16.6. The summed E-state index contributed by atoms with van der Waals surface area (Å²) in [6.45, 7) is 1.19. The lowest BCUT2D eigenvalue weighted by Gasteiger charge is -2.08. The number of nitrogens with zero attached hydrogens (tertiary/aromatic N) is 3. The van der Waals surface area contributed by atoms with Gasteiger partial charge in [-0.3, -0.25) is 19.9 Å². The van der Waals surface area contributed by atoms with Crippen molar-refractivity contribution in [2.45, 2.75) is 6.92 Å². The zero-order valence-corrected chi connectivity index (χ0v) is 13.1. The van der Waals surface area contributed by atoms with Crippen molar-refractivity contribution in [3.05, 3.63) is 63.5 Å². The zero-order valence-electron chi connectivity index (χ0n) is 13.1. The Labute approximate surface area is 142 Å². The molecule has 9 nitrogen and oxygen atoms in total. The van der Waals surface area contributed by atoms with Crippen molar-refractivity contribution in [3.63, 3.8) is 0 Å². The van der Waals surface area contributed by atoms with E-state index in [9.17, 15) is 19.7 Å². The number of benzene rings is 1. The highest BCUT2D eigenvalue weighted by Gasteiger charge is 2.14. The Hall–Kier alpha value is -3.80. The van der Waals surface area contributed by atoms with Gasteiger partial charge < -0.3 is 10.1 Å². The summed E-state index contributed by atoms with van der Waals surface area (Å²) in [6, 6.07) is 8.34. The number of amides is 1. The van der Waals surface area contributed by atoms with Gasteiger partial charge >= 0.3 is 5.97 Å². The molecule has 1 heterocycles. The number of esters is 1. The predicted octanol–water partition coefficient (Wildman–Crippen LogP) is 1.97. The lowest BCUT2D eigenvalue weighted by Crippen LogP contribution is -2.21. The van der Waals surface area contributed by atoms with Crippen molar-refractivity contribution in [2.24, 2.45) is 0 Å². The molecule has 0 fully saturated rings. The number of nitro benzene ring substituents is 1. The van der Waals surface area contributed by atoms with E-state index in [1.807, 2.05) is 0 Å². The first-order chi connectivity index (χ1) is 11.9. The van der Waals surface area contributed by atoms with E-state index in [-0.39, 0.29) is 22.5 Å². The van der Waals surface area contributed by atoms with E-state index < -0.39 is 23.4 Å². The molecule has 25 heavy (non-hydrogen) atoms. The van der Waals surface area contributed by atoms with Crippen LogP contribution in [0, 0.1) is 28.4 Å². The van der Waals surface area contributed by atoms with Gasteiger partial charge in [0.15, 0.2) is 6.61 Å². The number of rotatable bonds is 5. The fraction of sp³-hybridized carbons (Fsp3) is 0.125. The third-order valence-electron chi connectivity index (χ3n) is 3.09. The Morgan fingerprint density at radius 1 is 1.36 bits per heavy atom. The van der Waals surface area contributed by atoms with Crippen LogP contribution in [0.3, 0.4) is 0 Å². The van der Waals surface area contributed by atoms with E-state index in [4.69, 9.17) is 10.00 Å². The molecule has 0 aliphatic rings. The number of hydrogen-bond acceptors (Lipinski definition) is 7. The summed E-state index contributed by atoms with van der Waals surface area (Å²) in [4.78, 5) is 37.6. The maximum Gasteiger partial charge on any atom is 0.340 e. The summed E-state index contributed by atoms with van der Waals surface area (Å²) >= 11 is 0. The minimum Gasteiger partial charge on any atom is -0.452 e. The molecule has 2 aromatic rings. The molecule has 0 spiro atoms. The smallest absolute Gasteiger partial charge is 0.340 e. The molecule has 0 aliphatic heterocycles. The summed E-state index contributed by atoms with van der Waals surface area (Å²) in [5, 5.41) is 22.1. The fourth-order valence-corrected chi connectivity index (χ4v) is 1.84. The van der Waals surface area contributed by atoms with Crippen molar-refractivity contribution in [2.75, 3.05) is 11.9 Å². The quantitative estimate of drug-likeness (QED) is 0.499. The third kappa shape index (κ3) is 4.59. The number of nitriles is 1. The predicted molar refractivity (Wildman–Crippen MR) is 85.7 cm³/mol. The van der Waals surface area contributed by atoms with Crippen LogP contribution in [-0.4, -0.2) is 28.4 Å². The van der Waals surface area contributed by atoms with Gasteiger partial charge in [-0.2, -0.15) is 5.26 Å². The van der Waals surface area contributed by atoms with Crippen molar-refractivity contribution in [3.8, 4) is 6.07 Å². The molecule has 9 heteroatoms. The maximum atomic E-state index is 11.8. The minimum absolute atomic E-state index is 0.0726. The molecule has 1 amide bonds. The van der Waals surface area contributed by atoms with E-state index >= 15 is 0 Å². The average Bonchev–Trinajstić information content (AvgIpc) is 2.60. The second-order valence-electron chi connectivity index (χ2n) is 4.91. The van der Waals surface area contributed by atoms with Gasteiger partial charge in [-0.1, -0.05) is 0 Å². The molecule has 0 aliphatic carbocycles. The van der Waals surface area contributed by atoms with Crippen molar-refractivity contribution in [1.82, 2.24) is 4.98 Å². The molecule has 1 aromatic carbocycles. The van der Waals surface area contributed by atoms with E-state index in [2.05, 4.69) is 10.3 Å². The van der Waals surface area contributed by atoms with Crippen LogP contribution in [0.2, 0.25) is 0 Å². The summed E-state index contributed by atoms with van der Waals surface area (Å²) in [5.74, 6) is -1.40. The fourth-order valence-electron chi connectivity index (χ4n) is 1.84. The second-order valence-corrected chi connectivity index (χ2v) is 4.91. The molecule has 0 bridgehead atoms. The van der Waals surface area contributed by atoms with Crippen LogP contribution in [0.1, 0.15) is 21.6 Å². The van der Waals surface area contributed by atoms with Crippen LogP contribution < -0.4 is 5.32 Å². The number of non-ortho nitro benzene ring substituents is 1. The van der Waals surface area contributed by atoms with Crippen LogP contribution in [0.5, 0.6) is 0 Å². The number of nitrogens with one attached hydrogen (secondary N) is 1. The number of carbonyl (C=O) groups excluding carboxylic acids is 2. The lowest BCUT2D eigenvalue weighted by atomic mass is 10.1. The summed E-state index contributed by atoms with van der Waals surface area (Å²) < 4.78 is 4.86. The molecular weight excluding hydrogens is 328 g/mol. The van der Waals surface area contributed by atoms with Crippen molar-refractivity contribution < 1.29 is 19.2 Å². The number of pyridine rings is 1. The Balaban J connectivity index is 1.98. The molecule has 2 rings (SSSR count). The SMILES string of the molecule is Cc1ccc(C(=O)OCC(=O)Nc2ccc([N+](=O)[O-])cc2C#N)cn1. The standard InChI is InChI=1S/C16H12N4O5/c1-10-2-3-11(8-18-10)16(22)25-9-15(21)19-14-5-4-13(20(23)24)6-12(14)7-17/h2-6,8H,9H2,1H3,(H,19,21). The van der Waals surface area contributed by atoms with Gasteiger partial charge in [-0.25, -0.2) is 4.79 Å². The third-order valence-corrected chi connectivity index (χ3v) is 3.09.